The maximum Gasteiger partial charge on any atom is 0.148 e. The lowest BCUT2D eigenvalue weighted by molar-refractivity contribution is 1.02. The lowest BCUT2D eigenvalue weighted by Crippen LogP contribution is -1.96. The zero-order valence-electron chi connectivity index (χ0n) is 9.18. The normalized spacial score (nSPS) is 13.4. The molecule has 84 valence electrons. The number of nitrogens with zero attached hydrogens (tertiary/aromatic N) is 4. The molecule has 0 aliphatic carbocycles. The number of fused-ring (bicyclic) bond motifs is 1. The summed E-state index contributed by atoms with van der Waals surface area (Å²) in [5.74, 6) is 0. The molecule has 4 nitrogen and oxygen atoms in total. The van der Waals surface area contributed by atoms with E-state index < -0.39 is 0 Å². The molecule has 0 saturated carbocycles. The van der Waals surface area contributed by atoms with E-state index in [9.17, 15) is 0 Å². The van der Waals surface area contributed by atoms with Crippen LogP contribution in [0.15, 0.2) is 29.6 Å². The number of pyridine rings is 1. The number of aliphatic imine (C=N–C) groups is 1. The third kappa shape index (κ3) is 1.80. The standard InChI is InChI=1S/C12H9ClN4/c1-7-9-2-8(3-16-11(9)5-15-7)10-4-14-6-12(13)17-10/h2-4,6H,5H2,1H3. The van der Waals surface area contributed by atoms with Crippen LogP contribution in [0.2, 0.25) is 5.15 Å². The molecule has 1 aliphatic rings. The van der Waals surface area contributed by atoms with Crippen molar-refractivity contribution in [2.24, 2.45) is 4.99 Å². The van der Waals surface area contributed by atoms with Gasteiger partial charge in [-0.2, -0.15) is 0 Å². The predicted octanol–water partition coefficient (Wildman–Crippen LogP) is 2.51. The average Bonchev–Trinajstić information content (AvgIpc) is 2.71. The second-order valence-corrected chi connectivity index (χ2v) is 4.23. The maximum atomic E-state index is 5.82. The molecule has 0 spiro atoms. The van der Waals surface area contributed by atoms with E-state index in [1.54, 1.807) is 12.4 Å². The second kappa shape index (κ2) is 3.89. The van der Waals surface area contributed by atoms with Crippen LogP contribution >= 0.6 is 11.6 Å². The first-order valence-corrected chi connectivity index (χ1v) is 5.60. The van der Waals surface area contributed by atoms with Gasteiger partial charge in [0.05, 0.1) is 30.3 Å². The average molecular weight is 245 g/mol. The van der Waals surface area contributed by atoms with Gasteiger partial charge < -0.3 is 0 Å². The Labute approximate surface area is 103 Å². The first-order chi connectivity index (χ1) is 8.24. The molecule has 0 bridgehead atoms. The summed E-state index contributed by atoms with van der Waals surface area (Å²) in [4.78, 5) is 17.0. The molecular formula is C12H9ClN4. The Morgan fingerprint density at radius 1 is 1.24 bits per heavy atom. The van der Waals surface area contributed by atoms with Crippen molar-refractivity contribution in [2.45, 2.75) is 13.5 Å². The summed E-state index contributed by atoms with van der Waals surface area (Å²) in [6.45, 7) is 2.66. The summed E-state index contributed by atoms with van der Waals surface area (Å²) < 4.78 is 0. The fourth-order valence-electron chi connectivity index (χ4n) is 1.83. The Morgan fingerprint density at radius 2 is 2.12 bits per heavy atom. The molecule has 0 fully saturated rings. The van der Waals surface area contributed by atoms with Crippen LogP contribution in [0.1, 0.15) is 18.2 Å². The number of rotatable bonds is 1. The van der Waals surface area contributed by atoms with Crippen molar-refractivity contribution in [3.05, 3.63) is 41.1 Å². The minimum atomic E-state index is 0.383. The van der Waals surface area contributed by atoms with Gasteiger partial charge in [0.25, 0.3) is 0 Å². The van der Waals surface area contributed by atoms with E-state index in [-0.39, 0.29) is 0 Å². The largest absolute Gasteiger partial charge is 0.283 e. The predicted molar refractivity (Wildman–Crippen MR) is 66.2 cm³/mol. The van der Waals surface area contributed by atoms with Gasteiger partial charge in [-0.15, -0.1) is 0 Å². The summed E-state index contributed by atoms with van der Waals surface area (Å²) in [6.07, 6.45) is 4.97. The Balaban J connectivity index is 2.11. The maximum absolute atomic E-state index is 5.82. The Hall–Kier alpha value is -1.81. The minimum absolute atomic E-state index is 0.383. The molecule has 0 N–H and O–H groups in total. The van der Waals surface area contributed by atoms with Gasteiger partial charge in [0.1, 0.15) is 5.15 Å². The van der Waals surface area contributed by atoms with Gasteiger partial charge >= 0.3 is 0 Å². The minimum Gasteiger partial charge on any atom is -0.283 e. The molecule has 2 aromatic rings. The third-order valence-corrected chi connectivity index (χ3v) is 2.91. The van der Waals surface area contributed by atoms with E-state index in [0.29, 0.717) is 11.7 Å². The van der Waals surface area contributed by atoms with E-state index in [0.717, 1.165) is 28.2 Å². The van der Waals surface area contributed by atoms with Crippen LogP contribution < -0.4 is 0 Å². The molecule has 5 heteroatoms. The quantitative estimate of drug-likeness (QED) is 0.775. The highest BCUT2D eigenvalue weighted by molar-refractivity contribution is 6.29. The van der Waals surface area contributed by atoms with Crippen LogP contribution in [0.4, 0.5) is 0 Å². The van der Waals surface area contributed by atoms with Gasteiger partial charge in [0, 0.05) is 23.0 Å². The molecule has 2 aromatic heterocycles. The van der Waals surface area contributed by atoms with Crippen LogP contribution in [0.25, 0.3) is 11.3 Å². The van der Waals surface area contributed by atoms with Gasteiger partial charge in [-0.25, -0.2) is 4.98 Å². The molecule has 0 atom stereocenters. The summed E-state index contributed by atoms with van der Waals surface area (Å²) in [6, 6.07) is 2.04. The van der Waals surface area contributed by atoms with Gasteiger partial charge in [-0.05, 0) is 13.0 Å². The molecule has 0 radical (unpaired) electrons. The number of hydrogen-bond acceptors (Lipinski definition) is 4. The molecule has 0 saturated heterocycles. The molecule has 0 unspecified atom stereocenters. The first kappa shape index (κ1) is 10.4. The molecular weight excluding hydrogens is 236 g/mol. The molecule has 0 amide bonds. The van der Waals surface area contributed by atoms with E-state index >= 15 is 0 Å². The molecule has 17 heavy (non-hydrogen) atoms. The van der Waals surface area contributed by atoms with Crippen LogP contribution in [0, 0.1) is 0 Å². The number of halogens is 1. The van der Waals surface area contributed by atoms with E-state index in [1.165, 1.54) is 6.20 Å². The van der Waals surface area contributed by atoms with E-state index in [2.05, 4.69) is 19.9 Å². The van der Waals surface area contributed by atoms with Gasteiger partial charge in [0.2, 0.25) is 0 Å². The summed E-state index contributed by atoms with van der Waals surface area (Å²) in [5.41, 5.74) is 4.76. The lowest BCUT2D eigenvalue weighted by atomic mass is 10.1. The van der Waals surface area contributed by atoms with E-state index in [4.69, 9.17) is 11.6 Å². The lowest BCUT2D eigenvalue weighted by Gasteiger charge is -2.03. The monoisotopic (exact) mass is 244 g/mol. The topological polar surface area (TPSA) is 51.0 Å². The number of aromatic nitrogens is 3. The second-order valence-electron chi connectivity index (χ2n) is 3.85. The third-order valence-electron chi connectivity index (χ3n) is 2.73. The summed E-state index contributed by atoms with van der Waals surface area (Å²) >= 11 is 5.82. The number of hydrogen-bond donors (Lipinski definition) is 0. The van der Waals surface area contributed by atoms with Crippen molar-refractivity contribution in [3.8, 4) is 11.3 Å². The van der Waals surface area contributed by atoms with Crippen molar-refractivity contribution in [1.29, 1.82) is 0 Å². The Bertz CT molecular complexity index is 622. The first-order valence-electron chi connectivity index (χ1n) is 5.22. The van der Waals surface area contributed by atoms with Crippen molar-refractivity contribution in [3.63, 3.8) is 0 Å². The van der Waals surface area contributed by atoms with Crippen LogP contribution in [-0.4, -0.2) is 20.7 Å². The zero-order chi connectivity index (χ0) is 11.8. The summed E-state index contributed by atoms with van der Waals surface area (Å²) in [7, 11) is 0. The zero-order valence-corrected chi connectivity index (χ0v) is 9.94. The SMILES string of the molecule is CC1=NCc2ncc(-c3cncc(Cl)n3)cc21. The fourth-order valence-corrected chi connectivity index (χ4v) is 1.98. The smallest absolute Gasteiger partial charge is 0.148 e. The van der Waals surface area contributed by atoms with Crippen LogP contribution in [-0.2, 0) is 6.54 Å². The highest BCUT2D eigenvalue weighted by Crippen LogP contribution is 2.23. The fraction of sp³-hybridized carbons (Fsp3) is 0.167. The molecule has 1 aliphatic heterocycles. The van der Waals surface area contributed by atoms with Gasteiger partial charge in [-0.1, -0.05) is 11.6 Å². The Morgan fingerprint density at radius 3 is 2.94 bits per heavy atom. The molecule has 0 aromatic carbocycles. The summed E-state index contributed by atoms with van der Waals surface area (Å²) in [5, 5.41) is 0.383. The van der Waals surface area contributed by atoms with Crippen molar-refractivity contribution in [1.82, 2.24) is 15.0 Å². The van der Waals surface area contributed by atoms with Crippen molar-refractivity contribution in [2.75, 3.05) is 0 Å². The highest BCUT2D eigenvalue weighted by atomic mass is 35.5. The van der Waals surface area contributed by atoms with E-state index in [1.807, 2.05) is 13.0 Å². The van der Waals surface area contributed by atoms with Gasteiger partial charge in [0.15, 0.2) is 0 Å². The molecule has 3 heterocycles. The Kier molecular flexibility index (Phi) is 2.37. The highest BCUT2D eigenvalue weighted by Gasteiger charge is 2.14. The van der Waals surface area contributed by atoms with Crippen molar-refractivity contribution < 1.29 is 0 Å². The molecule has 3 rings (SSSR count). The van der Waals surface area contributed by atoms with Gasteiger partial charge in [-0.3, -0.25) is 15.0 Å². The van der Waals surface area contributed by atoms with Crippen LogP contribution in [0.3, 0.4) is 0 Å². The van der Waals surface area contributed by atoms with Crippen LogP contribution in [0.5, 0.6) is 0 Å². The van der Waals surface area contributed by atoms with Crippen molar-refractivity contribution >= 4 is 17.3 Å².